The summed E-state index contributed by atoms with van der Waals surface area (Å²) in [6, 6.07) is 3.11. The first-order valence-electron chi connectivity index (χ1n) is 8.81. The van der Waals surface area contributed by atoms with E-state index in [1.165, 1.54) is 18.9 Å². The van der Waals surface area contributed by atoms with Gasteiger partial charge in [0.25, 0.3) is 5.91 Å². The highest BCUT2D eigenvalue weighted by molar-refractivity contribution is 7.15. The summed E-state index contributed by atoms with van der Waals surface area (Å²) in [6.45, 7) is 3.68. The molecular formula is C18H25NO4S. The van der Waals surface area contributed by atoms with E-state index in [4.69, 9.17) is 9.84 Å². The number of aromatic carboxylic acids is 1. The smallest absolute Gasteiger partial charge is 0.345 e. The number of nitrogens with zero attached hydrogens (tertiary/aromatic N) is 1. The summed E-state index contributed by atoms with van der Waals surface area (Å²) in [5.74, 6) is -0.212. The van der Waals surface area contributed by atoms with Gasteiger partial charge < -0.3 is 14.7 Å². The van der Waals surface area contributed by atoms with Crippen LogP contribution in [-0.2, 0) is 4.74 Å². The van der Waals surface area contributed by atoms with Crippen molar-refractivity contribution in [2.45, 2.75) is 57.7 Å². The third-order valence-corrected chi connectivity index (χ3v) is 6.17. The van der Waals surface area contributed by atoms with Crippen molar-refractivity contribution >= 4 is 23.2 Å². The van der Waals surface area contributed by atoms with E-state index in [1.54, 1.807) is 6.07 Å². The molecular weight excluding hydrogens is 326 g/mol. The van der Waals surface area contributed by atoms with Crippen molar-refractivity contribution in [2.75, 3.05) is 13.1 Å². The van der Waals surface area contributed by atoms with E-state index in [2.05, 4.69) is 6.92 Å². The molecule has 2 fully saturated rings. The molecule has 2 aliphatic rings. The molecule has 24 heavy (non-hydrogen) atoms. The molecule has 1 saturated carbocycles. The van der Waals surface area contributed by atoms with Crippen molar-refractivity contribution in [1.82, 2.24) is 4.90 Å². The Labute approximate surface area is 146 Å². The van der Waals surface area contributed by atoms with E-state index < -0.39 is 5.97 Å². The second-order valence-corrected chi connectivity index (χ2v) is 8.06. The standard InChI is InChI=1S/C18H25NO4S/c1-12-2-4-13(5-3-12)23-14-8-10-19(11-9-14)17(20)15-6-7-16(24-15)18(21)22/h6-7,12-14H,2-5,8-11H2,1H3,(H,21,22). The third kappa shape index (κ3) is 4.16. The lowest BCUT2D eigenvalue weighted by molar-refractivity contribution is -0.0570. The maximum Gasteiger partial charge on any atom is 0.345 e. The Bertz CT molecular complexity index is 584. The molecule has 1 aromatic rings. The van der Waals surface area contributed by atoms with Crippen molar-refractivity contribution in [2.24, 2.45) is 5.92 Å². The van der Waals surface area contributed by atoms with Crippen molar-refractivity contribution in [1.29, 1.82) is 0 Å². The largest absolute Gasteiger partial charge is 0.477 e. The molecule has 0 spiro atoms. The minimum absolute atomic E-state index is 0.0579. The van der Waals surface area contributed by atoms with Crippen LogP contribution < -0.4 is 0 Å². The third-order valence-electron chi connectivity index (χ3n) is 5.10. The zero-order valence-electron chi connectivity index (χ0n) is 14.1. The highest BCUT2D eigenvalue weighted by atomic mass is 32.1. The molecule has 1 amide bonds. The normalized spacial score (nSPS) is 25.6. The van der Waals surface area contributed by atoms with Gasteiger partial charge >= 0.3 is 5.97 Å². The molecule has 2 heterocycles. The lowest BCUT2D eigenvalue weighted by Gasteiger charge is -2.35. The number of thiophene rings is 1. The molecule has 0 radical (unpaired) electrons. The van der Waals surface area contributed by atoms with Crippen LogP contribution in [0.2, 0.25) is 0 Å². The molecule has 3 rings (SSSR count). The number of likely N-dealkylation sites (tertiary alicyclic amines) is 1. The summed E-state index contributed by atoms with van der Waals surface area (Å²) in [5, 5.41) is 8.97. The van der Waals surface area contributed by atoms with E-state index >= 15 is 0 Å². The van der Waals surface area contributed by atoms with Crippen molar-refractivity contribution in [3.05, 3.63) is 21.9 Å². The Hall–Kier alpha value is -1.40. The van der Waals surface area contributed by atoms with E-state index in [0.29, 0.717) is 24.1 Å². The van der Waals surface area contributed by atoms with Crippen LogP contribution >= 0.6 is 11.3 Å². The Morgan fingerprint density at radius 2 is 1.62 bits per heavy atom. The highest BCUT2D eigenvalue weighted by Gasteiger charge is 2.28. The molecule has 1 aromatic heterocycles. The summed E-state index contributed by atoms with van der Waals surface area (Å²) in [5.41, 5.74) is 0. The summed E-state index contributed by atoms with van der Waals surface area (Å²) in [7, 11) is 0. The van der Waals surface area contributed by atoms with Crippen LogP contribution in [0.1, 0.15) is 64.8 Å². The molecule has 0 atom stereocenters. The second-order valence-electron chi connectivity index (χ2n) is 6.98. The molecule has 0 bridgehead atoms. The summed E-state index contributed by atoms with van der Waals surface area (Å²) in [4.78, 5) is 25.9. The number of hydrogen-bond donors (Lipinski definition) is 1. The zero-order chi connectivity index (χ0) is 17.1. The van der Waals surface area contributed by atoms with Gasteiger partial charge in [0.05, 0.1) is 17.1 Å². The van der Waals surface area contributed by atoms with E-state index in [-0.39, 0.29) is 16.9 Å². The maximum atomic E-state index is 12.5. The topological polar surface area (TPSA) is 66.8 Å². The van der Waals surface area contributed by atoms with Gasteiger partial charge in [-0.2, -0.15) is 0 Å². The average molecular weight is 351 g/mol. The molecule has 1 N–H and O–H groups in total. The average Bonchev–Trinajstić information content (AvgIpc) is 3.07. The molecule has 5 nitrogen and oxygen atoms in total. The van der Waals surface area contributed by atoms with Gasteiger partial charge in [-0.1, -0.05) is 6.92 Å². The Kier molecular flexibility index (Phi) is 5.56. The van der Waals surface area contributed by atoms with Gasteiger partial charge in [0.2, 0.25) is 0 Å². The number of ether oxygens (including phenoxy) is 1. The predicted octanol–water partition coefficient (Wildman–Crippen LogP) is 3.65. The van der Waals surface area contributed by atoms with Gasteiger partial charge in [0.1, 0.15) is 4.88 Å². The summed E-state index contributed by atoms with van der Waals surface area (Å²) < 4.78 is 6.24. The van der Waals surface area contributed by atoms with Crippen molar-refractivity contribution < 1.29 is 19.4 Å². The monoisotopic (exact) mass is 351 g/mol. The fourth-order valence-electron chi connectivity index (χ4n) is 3.56. The second kappa shape index (κ2) is 7.66. The first kappa shape index (κ1) is 17.4. The van der Waals surface area contributed by atoms with Crippen LogP contribution in [0.3, 0.4) is 0 Å². The Balaban J connectivity index is 1.47. The number of piperidine rings is 1. The number of carbonyl (C=O) groups is 2. The van der Waals surface area contributed by atoms with Gasteiger partial charge in [-0.05, 0) is 56.6 Å². The SMILES string of the molecule is CC1CCC(OC2CCN(C(=O)c3ccc(C(=O)O)s3)CC2)CC1. The Morgan fingerprint density at radius 1 is 1.04 bits per heavy atom. The number of hydrogen-bond acceptors (Lipinski definition) is 4. The van der Waals surface area contributed by atoms with Gasteiger partial charge in [-0.15, -0.1) is 11.3 Å². The zero-order valence-corrected chi connectivity index (χ0v) is 14.9. The van der Waals surface area contributed by atoms with Gasteiger partial charge in [0.15, 0.2) is 0 Å². The van der Waals surface area contributed by atoms with Crippen LogP contribution in [0, 0.1) is 5.92 Å². The number of carboxylic acid groups (broad SMARTS) is 1. The first-order valence-corrected chi connectivity index (χ1v) is 9.62. The van der Waals surface area contributed by atoms with E-state index in [9.17, 15) is 9.59 Å². The molecule has 1 aliphatic carbocycles. The van der Waals surface area contributed by atoms with Crippen LogP contribution in [0.5, 0.6) is 0 Å². The molecule has 6 heteroatoms. The Morgan fingerprint density at radius 3 is 2.21 bits per heavy atom. The number of amides is 1. The number of rotatable bonds is 4. The molecule has 1 aliphatic heterocycles. The molecule has 0 unspecified atom stereocenters. The molecule has 0 aromatic carbocycles. The molecule has 132 valence electrons. The van der Waals surface area contributed by atoms with Crippen LogP contribution in [0.4, 0.5) is 0 Å². The fourth-order valence-corrected chi connectivity index (χ4v) is 4.37. The molecule has 1 saturated heterocycles. The summed E-state index contributed by atoms with van der Waals surface area (Å²) >= 11 is 1.05. The first-order chi connectivity index (χ1) is 11.5. The van der Waals surface area contributed by atoms with Gasteiger partial charge in [0, 0.05) is 13.1 Å². The van der Waals surface area contributed by atoms with Crippen LogP contribution in [-0.4, -0.2) is 47.2 Å². The van der Waals surface area contributed by atoms with Crippen molar-refractivity contribution in [3.8, 4) is 0 Å². The maximum absolute atomic E-state index is 12.5. The van der Waals surface area contributed by atoms with Crippen LogP contribution in [0.25, 0.3) is 0 Å². The fraction of sp³-hybridized carbons (Fsp3) is 0.667. The van der Waals surface area contributed by atoms with E-state index in [0.717, 1.165) is 42.9 Å². The lowest BCUT2D eigenvalue weighted by atomic mass is 9.88. The predicted molar refractivity (Wildman–Crippen MR) is 92.7 cm³/mol. The van der Waals surface area contributed by atoms with Crippen LogP contribution in [0.15, 0.2) is 12.1 Å². The number of carbonyl (C=O) groups excluding carboxylic acids is 1. The highest BCUT2D eigenvalue weighted by Crippen LogP contribution is 2.28. The minimum atomic E-state index is -0.979. The number of carboxylic acids is 1. The quantitative estimate of drug-likeness (QED) is 0.899. The lowest BCUT2D eigenvalue weighted by Crippen LogP contribution is -2.41. The minimum Gasteiger partial charge on any atom is -0.477 e. The summed E-state index contributed by atoms with van der Waals surface area (Å²) in [6.07, 6.45) is 7.22. The van der Waals surface area contributed by atoms with E-state index in [1.807, 2.05) is 4.90 Å². The van der Waals surface area contributed by atoms with Crippen molar-refractivity contribution in [3.63, 3.8) is 0 Å². The van der Waals surface area contributed by atoms with Gasteiger partial charge in [-0.3, -0.25) is 4.79 Å². The van der Waals surface area contributed by atoms with Gasteiger partial charge in [-0.25, -0.2) is 4.79 Å².